The molecule has 0 aliphatic carbocycles. The molecule has 128 valence electrons. The molecule has 1 saturated heterocycles. The molecule has 0 saturated carbocycles. The lowest BCUT2D eigenvalue weighted by Crippen LogP contribution is -2.41. The van der Waals surface area contributed by atoms with Crippen molar-refractivity contribution in [3.8, 4) is 11.1 Å². The number of hydrogen-bond acceptors (Lipinski definition) is 2. The standard InChI is InChI=1S/C21H24BNO2/c1-20(2)21(3,4)25-22(24-20)17-12-11-16-13-14-23(5)19(16)18(17)15-9-7-6-8-10-15/h6-14H,1-5H3. The quantitative estimate of drug-likeness (QED) is 0.658. The van der Waals surface area contributed by atoms with E-state index in [1.165, 1.54) is 22.0 Å². The summed E-state index contributed by atoms with van der Waals surface area (Å²) in [5, 5.41) is 1.22. The lowest BCUT2D eigenvalue weighted by molar-refractivity contribution is 0.00578. The third kappa shape index (κ3) is 2.52. The second-order valence-corrected chi connectivity index (χ2v) is 7.85. The van der Waals surface area contributed by atoms with E-state index < -0.39 is 0 Å². The van der Waals surface area contributed by atoms with Crippen molar-refractivity contribution in [1.82, 2.24) is 4.57 Å². The van der Waals surface area contributed by atoms with Gasteiger partial charge in [-0.2, -0.15) is 0 Å². The van der Waals surface area contributed by atoms with Gasteiger partial charge >= 0.3 is 7.12 Å². The maximum Gasteiger partial charge on any atom is 0.495 e. The van der Waals surface area contributed by atoms with Gasteiger partial charge < -0.3 is 13.9 Å². The Bertz CT molecular complexity index is 912. The Hall–Kier alpha value is -2.04. The Kier molecular flexibility index (Phi) is 3.60. The minimum Gasteiger partial charge on any atom is -0.399 e. The first-order valence-corrected chi connectivity index (χ1v) is 8.79. The molecule has 0 amide bonds. The zero-order valence-electron chi connectivity index (χ0n) is 15.5. The molecule has 0 spiro atoms. The number of benzene rings is 2. The minimum absolute atomic E-state index is 0.352. The van der Waals surface area contributed by atoms with E-state index in [9.17, 15) is 0 Å². The Morgan fingerprint density at radius 3 is 2.12 bits per heavy atom. The van der Waals surface area contributed by atoms with Gasteiger partial charge in [0.2, 0.25) is 0 Å². The van der Waals surface area contributed by atoms with Crippen molar-refractivity contribution in [2.75, 3.05) is 0 Å². The van der Waals surface area contributed by atoms with Crippen LogP contribution >= 0.6 is 0 Å². The Labute approximate surface area is 149 Å². The van der Waals surface area contributed by atoms with Gasteiger partial charge in [-0.1, -0.05) is 42.5 Å². The summed E-state index contributed by atoms with van der Waals surface area (Å²) in [5.74, 6) is 0. The summed E-state index contributed by atoms with van der Waals surface area (Å²) in [6.45, 7) is 8.37. The summed E-state index contributed by atoms with van der Waals surface area (Å²) in [6.07, 6.45) is 2.10. The van der Waals surface area contributed by atoms with Gasteiger partial charge in [-0.3, -0.25) is 0 Å². The van der Waals surface area contributed by atoms with Crippen LogP contribution in [0.1, 0.15) is 27.7 Å². The van der Waals surface area contributed by atoms with Crippen LogP contribution in [0.5, 0.6) is 0 Å². The summed E-state index contributed by atoms with van der Waals surface area (Å²) >= 11 is 0. The highest BCUT2D eigenvalue weighted by Crippen LogP contribution is 2.38. The lowest BCUT2D eigenvalue weighted by Gasteiger charge is -2.32. The average molecular weight is 333 g/mol. The number of aromatic nitrogens is 1. The van der Waals surface area contributed by atoms with E-state index in [1.54, 1.807) is 0 Å². The molecule has 0 N–H and O–H groups in total. The number of rotatable bonds is 2. The third-order valence-corrected chi connectivity index (χ3v) is 5.64. The van der Waals surface area contributed by atoms with E-state index in [0.717, 1.165) is 5.46 Å². The summed E-state index contributed by atoms with van der Waals surface area (Å²) < 4.78 is 14.9. The molecule has 0 unspecified atom stereocenters. The van der Waals surface area contributed by atoms with Gasteiger partial charge in [0.25, 0.3) is 0 Å². The number of nitrogens with zero attached hydrogens (tertiary/aromatic N) is 1. The van der Waals surface area contributed by atoms with E-state index in [0.29, 0.717) is 0 Å². The maximum absolute atomic E-state index is 6.35. The fourth-order valence-corrected chi connectivity index (χ4v) is 3.48. The van der Waals surface area contributed by atoms with Crippen LogP contribution in [0.4, 0.5) is 0 Å². The van der Waals surface area contributed by atoms with Gasteiger partial charge in [0.05, 0.1) is 16.7 Å². The predicted octanol–water partition coefficient (Wildman–Crippen LogP) is 4.14. The molecule has 1 aliphatic heterocycles. The van der Waals surface area contributed by atoms with Crippen molar-refractivity contribution in [2.24, 2.45) is 7.05 Å². The fraction of sp³-hybridized carbons (Fsp3) is 0.333. The zero-order chi connectivity index (χ0) is 17.8. The predicted molar refractivity (Wildman–Crippen MR) is 104 cm³/mol. The van der Waals surface area contributed by atoms with E-state index >= 15 is 0 Å². The molecule has 2 heterocycles. The second kappa shape index (κ2) is 5.48. The van der Waals surface area contributed by atoms with Gasteiger partial charge in [0.1, 0.15) is 0 Å². The van der Waals surface area contributed by atoms with Crippen LogP contribution in [-0.2, 0) is 16.4 Å². The SMILES string of the molecule is Cn1ccc2ccc(B3OC(C)(C)C(C)(C)O3)c(-c3ccccc3)c21. The molecule has 0 atom stereocenters. The summed E-state index contributed by atoms with van der Waals surface area (Å²) in [5.41, 5.74) is 3.95. The molecule has 3 nitrogen and oxygen atoms in total. The first-order valence-electron chi connectivity index (χ1n) is 8.79. The molecule has 1 fully saturated rings. The molecule has 25 heavy (non-hydrogen) atoms. The normalized spacial score (nSPS) is 18.8. The summed E-state index contributed by atoms with van der Waals surface area (Å²) in [6, 6.07) is 16.9. The molecule has 4 heteroatoms. The highest BCUT2D eigenvalue weighted by atomic mass is 16.7. The van der Waals surface area contributed by atoms with Crippen LogP contribution in [0.2, 0.25) is 0 Å². The highest BCUT2D eigenvalue weighted by Gasteiger charge is 2.52. The fourth-order valence-electron chi connectivity index (χ4n) is 3.48. The van der Waals surface area contributed by atoms with E-state index in [4.69, 9.17) is 9.31 Å². The third-order valence-electron chi connectivity index (χ3n) is 5.64. The van der Waals surface area contributed by atoms with Gasteiger partial charge in [0.15, 0.2) is 0 Å². The van der Waals surface area contributed by atoms with Crippen molar-refractivity contribution in [1.29, 1.82) is 0 Å². The molecule has 2 aromatic carbocycles. The van der Waals surface area contributed by atoms with Crippen LogP contribution < -0.4 is 5.46 Å². The smallest absolute Gasteiger partial charge is 0.399 e. The monoisotopic (exact) mass is 333 g/mol. The first-order chi connectivity index (χ1) is 11.8. The zero-order valence-corrected chi connectivity index (χ0v) is 15.5. The molecule has 3 aromatic rings. The van der Waals surface area contributed by atoms with Crippen molar-refractivity contribution >= 4 is 23.5 Å². The molecule has 4 rings (SSSR count). The molecular formula is C21H24BNO2. The Morgan fingerprint density at radius 1 is 0.840 bits per heavy atom. The average Bonchev–Trinajstić information content (AvgIpc) is 3.04. The van der Waals surface area contributed by atoms with E-state index in [-0.39, 0.29) is 18.3 Å². The number of aryl methyl sites for hydroxylation is 1. The highest BCUT2D eigenvalue weighted by molar-refractivity contribution is 6.64. The number of fused-ring (bicyclic) bond motifs is 1. The van der Waals surface area contributed by atoms with Crippen molar-refractivity contribution in [3.05, 3.63) is 54.7 Å². The van der Waals surface area contributed by atoms with Gasteiger partial charge in [-0.15, -0.1) is 0 Å². The van der Waals surface area contributed by atoms with Crippen molar-refractivity contribution in [3.63, 3.8) is 0 Å². The van der Waals surface area contributed by atoms with Crippen LogP contribution in [0, 0.1) is 0 Å². The Morgan fingerprint density at radius 2 is 1.48 bits per heavy atom. The second-order valence-electron chi connectivity index (χ2n) is 7.85. The summed E-state index contributed by atoms with van der Waals surface area (Å²) in [4.78, 5) is 0. The van der Waals surface area contributed by atoms with Crippen LogP contribution in [-0.4, -0.2) is 22.9 Å². The van der Waals surface area contributed by atoms with Gasteiger partial charge in [0, 0.05) is 24.2 Å². The molecule has 0 radical (unpaired) electrons. The maximum atomic E-state index is 6.35. The van der Waals surface area contributed by atoms with Gasteiger partial charge in [-0.25, -0.2) is 0 Å². The van der Waals surface area contributed by atoms with Crippen molar-refractivity contribution in [2.45, 2.75) is 38.9 Å². The van der Waals surface area contributed by atoms with Gasteiger partial charge in [-0.05, 0) is 44.8 Å². The lowest BCUT2D eigenvalue weighted by atomic mass is 9.73. The molecule has 0 bridgehead atoms. The van der Waals surface area contributed by atoms with Crippen LogP contribution in [0.15, 0.2) is 54.7 Å². The topological polar surface area (TPSA) is 23.4 Å². The molecule has 1 aromatic heterocycles. The largest absolute Gasteiger partial charge is 0.495 e. The molecular weight excluding hydrogens is 309 g/mol. The van der Waals surface area contributed by atoms with Crippen molar-refractivity contribution < 1.29 is 9.31 Å². The molecule has 1 aliphatic rings. The van der Waals surface area contributed by atoms with Crippen LogP contribution in [0.25, 0.3) is 22.0 Å². The summed E-state index contributed by atoms with van der Waals surface area (Å²) in [7, 11) is 1.71. The van der Waals surface area contributed by atoms with E-state index in [1.807, 2.05) is 6.07 Å². The number of hydrogen-bond donors (Lipinski definition) is 0. The van der Waals surface area contributed by atoms with E-state index in [2.05, 4.69) is 88.0 Å². The Balaban J connectivity index is 1.95. The minimum atomic E-state index is -0.375. The first kappa shape index (κ1) is 16.4. The van der Waals surface area contributed by atoms with Crippen LogP contribution in [0.3, 0.4) is 0 Å².